The standard InChI is InChI=1S/C14H17F3N2O2S/c1-2-3-7-4-5-8-9(6-7)22-12(10(8)11(18)20)19-13(21)14(15,16)17/h7H,2-6H2,1H3,(H2,18,20)(H,19,21)/t7-/m1/s1. The molecule has 8 heteroatoms. The lowest BCUT2D eigenvalue weighted by molar-refractivity contribution is -0.167. The number of anilines is 1. The van der Waals surface area contributed by atoms with E-state index in [1.165, 1.54) is 0 Å². The molecule has 1 aromatic heterocycles. The van der Waals surface area contributed by atoms with Crippen LogP contribution in [0.5, 0.6) is 0 Å². The number of rotatable bonds is 4. The van der Waals surface area contributed by atoms with Crippen molar-refractivity contribution in [1.29, 1.82) is 0 Å². The number of alkyl halides is 3. The third-order valence-electron chi connectivity index (χ3n) is 3.80. The zero-order valence-corrected chi connectivity index (χ0v) is 12.9. The zero-order valence-electron chi connectivity index (χ0n) is 12.0. The van der Waals surface area contributed by atoms with E-state index >= 15 is 0 Å². The fourth-order valence-corrected chi connectivity index (χ4v) is 4.19. The van der Waals surface area contributed by atoms with Crippen molar-refractivity contribution in [3.05, 3.63) is 16.0 Å². The predicted octanol–water partition coefficient (Wildman–Crippen LogP) is 3.25. The molecule has 0 unspecified atom stereocenters. The summed E-state index contributed by atoms with van der Waals surface area (Å²) in [5.41, 5.74) is 6.03. The van der Waals surface area contributed by atoms with Gasteiger partial charge in [0.2, 0.25) is 0 Å². The largest absolute Gasteiger partial charge is 0.471 e. The van der Waals surface area contributed by atoms with Crippen molar-refractivity contribution in [1.82, 2.24) is 0 Å². The van der Waals surface area contributed by atoms with Crippen molar-refractivity contribution in [2.45, 2.75) is 45.2 Å². The summed E-state index contributed by atoms with van der Waals surface area (Å²) < 4.78 is 37.2. The van der Waals surface area contributed by atoms with E-state index < -0.39 is 18.0 Å². The molecule has 0 aliphatic heterocycles. The predicted molar refractivity (Wildman–Crippen MR) is 77.9 cm³/mol. The highest BCUT2D eigenvalue weighted by atomic mass is 32.1. The van der Waals surface area contributed by atoms with Crippen LogP contribution in [0.1, 0.15) is 47.0 Å². The second-order valence-electron chi connectivity index (χ2n) is 5.42. The maximum Gasteiger partial charge on any atom is 0.471 e. The molecule has 1 aromatic rings. The van der Waals surface area contributed by atoms with Gasteiger partial charge < -0.3 is 11.1 Å². The molecule has 0 fully saturated rings. The molecule has 0 saturated heterocycles. The molecule has 3 N–H and O–H groups in total. The van der Waals surface area contributed by atoms with Crippen LogP contribution in [-0.4, -0.2) is 18.0 Å². The van der Waals surface area contributed by atoms with Crippen LogP contribution in [0.25, 0.3) is 0 Å². The fourth-order valence-electron chi connectivity index (χ4n) is 2.83. The highest BCUT2D eigenvalue weighted by Gasteiger charge is 2.40. The van der Waals surface area contributed by atoms with Crippen LogP contribution in [0, 0.1) is 5.92 Å². The number of nitrogens with one attached hydrogen (secondary N) is 1. The lowest BCUT2D eigenvalue weighted by Gasteiger charge is -2.21. The number of carbonyl (C=O) groups excluding carboxylic acids is 2. The lowest BCUT2D eigenvalue weighted by atomic mass is 9.84. The molecule has 0 spiro atoms. The molecule has 0 saturated carbocycles. The number of amides is 2. The van der Waals surface area contributed by atoms with E-state index in [9.17, 15) is 22.8 Å². The summed E-state index contributed by atoms with van der Waals surface area (Å²) >= 11 is 1.03. The first-order valence-electron chi connectivity index (χ1n) is 7.06. The van der Waals surface area contributed by atoms with Gasteiger partial charge in [0.1, 0.15) is 5.00 Å². The maximum atomic E-state index is 12.4. The van der Waals surface area contributed by atoms with Gasteiger partial charge in [-0.2, -0.15) is 13.2 Å². The van der Waals surface area contributed by atoms with E-state index in [1.54, 1.807) is 5.32 Å². The molecule has 1 aliphatic rings. The molecule has 22 heavy (non-hydrogen) atoms. The smallest absolute Gasteiger partial charge is 0.365 e. The van der Waals surface area contributed by atoms with Gasteiger partial charge in [-0.05, 0) is 30.7 Å². The second kappa shape index (κ2) is 6.28. The van der Waals surface area contributed by atoms with Gasteiger partial charge in [0.15, 0.2) is 0 Å². The fraction of sp³-hybridized carbons (Fsp3) is 0.571. The number of carbonyl (C=O) groups is 2. The van der Waals surface area contributed by atoms with Gasteiger partial charge in [-0.15, -0.1) is 11.3 Å². The molecule has 1 atom stereocenters. The average molecular weight is 334 g/mol. The third kappa shape index (κ3) is 3.43. The normalized spacial score (nSPS) is 17.9. The Morgan fingerprint density at radius 2 is 2.09 bits per heavy atom. The number of thiophene rings is 1. The zero-order chi connectivity index (χ0) is 16.5. The quantitative estimate of drug-likeness (QED) is 0.887. The minimum atomic E-state index is -5.00. The molecule has 0 aromatic carbocycles. The SMILES string of the molecule is CCC[C@@H]1CCc2c(sc(NC(=O)C(F)(F)F)c2C(N)=O)C1. The molecule has 4 nitrogen and oxygen atoms in total. The Balaban J connectivity index is 2.32. The highest BCUT2D eigenvalue weighted by molar-refractivity contribution is 7.17. The molecule has 2 rings (SSSR count). The summed E-state index contributed by atoms with van der Waals surface area (Å²) in [7, 11) is 0. The number of halogens is 3. The summed E-state index contributed by atoms with van der Waals surface area (Å²) in [5, 5.41) is 1.70. The van der Waals surface area contributed by atoms with Gasteiger partial charge in [0.05, 0.1) is 5.56 Å². The van der Waals surface area contributed by atoms with Crippen molar-refractivity contribution in [2.75, 3.05) is 5.32 Å². The highest BCUT2D eigenvalue weighted by Crippen LogP contribution is 2.40. The van der Waals surface area contributed by atoms with E-state index in [0.29, 0.717) is 17.9 Å². The van der Waals surface area contributed by atoms with Crippen LogP contribution in [0.3, 0.4) is 0 Å². The van der Waals surface area contributed by atoms with Crippen LogP contribution >= 0.6 is 11.3 Å². The number of hydrogen-bond donors (Lipinski definition) is 2. The van der Waals surface area contributed by atoms with Crippen LogP contribution in [0.2, 0.25) is 0 Å². The molecular formula is C14H17F3N2O2S. The first kappa shape index (κ1) is 16.8. The number of fused-ring (bicyclic) bond motifs is 1. The Morgan fingerprint density at radius 3 is 2.64 bits per heavy atom. The van der Waals surface area contributed by atoms with E-state index in [-0.39, 0.29) is 10.6 Å². The Hall–Kier alpha value is -1.57. The van der Waals surface area contributed by atoms with Crippen molar-refractivity contribution in [3.8, 4) is 0 Å². The number of hydrogen-bond acceptors (Lipinski definition) is 3. The molecule has 2 amide bonds. The second-order valence-corrected chi connectivity index (χ2v) is 6.53. The first-order chi connectivity index (χ1) is 10.2. The summed E-state index contributed by atoms with van der Waals surface area (Å²) in [6.07, 6.45) is -0.722. The van der Waals surface area contributed by atoms with Crippen LogP contribution in [-0.2, 0) is 17.6 Å². The van der Waals surface area contributed by atoms with Crippen molar-refractivity contribution >= 4 is 28.2 Å². The number of primary amides is 1. The minimum absolute atomic E-state index is 0.0348. The average Bonchev–Trinajstić information content (AvgIpc) is 2.75. The minimum Gasteiger partial charge on any atom is -0.365 e. The van der Waals surface area contributed by atoms with E-state index in [0.717, 1.165) is 41.9 Å². The van der Waals surface area contributed by atoms with Gasteiger partial charge in [-0.3, -0.25) is 9.59 Å². The van der Waals surface area contributed by atoms with Gasteiger partial charge in [0, 0.05) is 4.88 Å². The molecule has 0 radical (unpaired) electrons. The molecule has 1 heterocycles. The van der Waals surface area contributed by atoms with Crippen molar-refractivity contribution in [3.63, 3.8) is 0 Å². The lowest BCUT2D eigenvalue weighted by Crippen LogP contribution is -2.30. The molecule has 1 aliphatic carbocycles. The molecule has 122 valence electrons. The first-order valence-corrected chi connectivity index (χ1v) is 7.88. The summed E-state index contributed by atoms with van der Waals surface area (Å²) in [4.78, 5) is 23.6. The van der Waals surface area contributed by atoms with E-state index in [2.05, 4.69) is 6.92 Å². The van der Waals surface area contributed by atoms with Gasteiger partial charge >= 0.3 is 12.1 Å². The maximum absolute atomic E-state index is 12.4. The van der Waals surface area contributed by atoms with Crippen LogP contribution < -0.4 is 11.1 Å². The summed E-state index contributed by atoms with van der Waals surface area (Å²) in [6, 6.07) is 0. The Bertz CT molecular complexity index is 596. The third-order valence-corrected chi connectivity index (χ3v) is 4.96. The van der Waals surface area contributed by atoms with E-state index in [1.807, 2.05) is 0 Å². The summed E-state index contributed by atoms with van der Waals surface area (Å²) in [6.45, 7) is 2.08. The topological polar surface area (TPSA) is 72.2 Å². The molecule has 0 bridgehead atoms. The van der Waals surface area contributed by atoms with Crippen LogP contribution in [0.15, 0.2) is 0 Å². The molecular weight excluding hydrogens is 317 g/mol. The van der Waals surface area contributed by atoms with Crippen molar-refractivity contribution in [2.24, 2.45) is 11.7 Å². The summed E-state index contributed by atoms with van der Waals surface area (Å²) in [5.74, 6) is -2.43. The Morgan fingerprint density at radius 1 is 1.41 bits per heavy atom. The Labute approximate surface area is 129 Å². The number of nitrogens with two attached hydrogens (primary N) is 1. The van der Waals surface area contributed by atoms with Gasteiger partial charge in [0.25, 0.3) is 5.91 Å². The van der Waals surface area contributed by atoms with Gasteiger partial charge in [-0.25, -0.2) is 0 Å². The van der Waals surface area contributed by atoms with Crippen LogP contribution in [0.4, 0.5) is 18.2 Å². The Kier molecular flexibility index (Phi) is 4.79. The van der Waals surface area contributed by atoms with E-state index in [4.69, 9.17) is 5.73 Å². The van der Waals surface area contributed by atoms with Gasteiger partial charge in [-0.1, -0.05) is 19.8 Å². The monoisotopic (exact) mass is 334 g/mol. The van der Waals surface area contributed by atoms with Crippen molar-refractivity contribution < 1.29 is 22.8 Å².